The highest BCUT2D eigenvalue weighted by atomic mass is 32.2. The molecule has 0 amide bonds. The molecule has 8 heteroatoms. The van der Waals surface area contributed by atoms with Crippen LogP contribution in [0, 0.1) is 25.2 Å². The van der Waals surface area contributed by atoms with E-state index < -0.39 is 16.1 Å². The summed E-state index contributed by atoms with van der Waals surface area (Å²) in [6.45, 7) is 3.27. The molecule has 1 aliphatic carbocycles. The van der Waals surface area contributed by atoms with Crippen LogP contribution in [0.4, 0.5) is 0 Å². The second-order valence-corrected chi connectivity index (χ2v) is 6.31. The number of amidine groups is 1. The number of aryl methyl sites for hydroxylation is 2. The van der Waals surface area contributed by atoms with Crippen LogP contribution < -0.4 is 10.5 Å². The first kappa shape index (κ1) is 13.0. The van der Waals surface area contributed by atoms with Crippen molar-refractivity contribution in [3.05, 3.63) is 11.4 Å². The van der Waals surface area contributed by atoms with E-state index in [-0.39, 0.29) is 16.6 Å². The van der Waals surface area contributed by atoms with Gasteiger partial charge in [-0.3, -0.25) is 10.5 Å². The molecule has 0 bridgehead atoms. The Balaban J connectivity index is 2.29. The van der Waals surface area contributed by atoms with Crippen molar-refractivity contribution in [1.29, 1.82) is 5.41 Å². The fourth-order valence-corrected chi connectivity index (χ4v) is 3.66. The highest BCUT2D eigenvalue weighted by molar-refractivity contribution is 7.89. The summed E-state index contributed by atoms with van der Waals surface area (Å²) < 4.78 is 27.0. The molecule has 1 unspecified atom stereocenters. The monoisotopic (exact) mass is 271 g/mol. The van der Waals surface area contributed by atoms with Crippen molar-refractivity contribution in [3.8, 4) is 0 Å². The Morgan fingerprint density at radius 1 is 1.56 bits per heavy atom. The van der Waals surface area contributed by atoms with E-state index in [9.17, 15) is 8.42 Å². The van der Waals surface area contributed by atoms with E-state index in [2.05, 4.69) is 14.9 Å². The molecule has 7 nitrogen and oxygen atoms in total. The Kier molecular flexibility index (Phi) is 3.16. The lowest BCUT2D eigenvalue weighted by Crippen LogP contribution is -2.45. The molecule has 0 spiro atoms. The van der Waals surface area contributed by atoms with Crippen molar-refractivity contribution in [3.63, 3.8) is 0 Å². The molecule has 1 heterocycles. The Bertz CT molecular complexity index is 554. The van der Waals surface area contributed by atoms with E-state index in [1.165, 1.54) is 0 Å². The van der Waals surface area contributed by atoms with Crippen molar-refractivity contribution in [2.75, 3.05) is 0 Å². The van der Waals surface area contributed by atoms with E-state index in [0.717, 1.165) is 12.8 Å². The zero-order valence-electron chi connectivity index (χ0n) is 10.3. The number of hydrogen-bond donors (Lipinski definition) is 4. The minimum absolute atomic E-state index is 0.139. The number of aromatic amines is 1. The highest BCUT2D eigenvalue weighted by Gasteiger charge is 2.37. The van der Waals surface area contributed by atoms with Crippen LogP contribution in [0.3, 0.4) is 0 Å². The smallest absolute Gasteiger partial charge is 0.244 e. The third-order valence-corrected chi connectivity index (χ3v) is 4.74. The molecule has 5 N–H and O–H groups in total. The molecule has 2 rings (SSSR count). The van der Waals surface area contributed by atoms with Gasteiger partial charge < -0.3 is 5.73 Å². The molecule has 1 aliphatic rings. The van der Waals surface area contributed by atoms with Gasteiger partial charge >= 0.3 is 0 Å². The predicted molar refractivity (Wildman–Crippen MR) is 66.8 cm³/mol. The summed E-state index contributed by atoms with van der Waals surface area (Å²) in [6.07, 6.45) is 1.80. The average molecular weight is 271 g/mol. The van der Waals surface area contributed by atoms with Crippen molar-refractivity contribution in [1.82, 2.24) is 14.9 Å². The third kappa shape index (κ3) is 2.39. The molecule has 18 heavy (non-hydrogen) atoms. The molecule has 100 valence electrons. The Labute approximate surface area is 106 Å². The Morgan fingerprint density at radius 3 is 2.56 bits per heavy atom. The molecule has 0 aliphatic heterocycles. The van der Waals surface area contributed by atoms with Gasteiger partial charge in [0, 0.05) is 0 Å². The first-order valence-electron chi connectivity index (χ1n) is 5.70. The lowest BCUT2D eigenvalue weighted by molar-refractivity contribution is 0.562. The summed E-state index contributed by atoms with van der Waals surface area (Å²) in [5, 5.41) is 14.0. The van der Waals surface area contributed by atoms with Gasteiger partial charge in [0.2, 0.25) is 10.0 Å². The van der Waals surface area contributed by atoms with Gasteiger partial charge in [0.1, 0.15) is 10.7 Å². The van der Waals surface area contributed by atoms with Gasteiger partial charge in [-0.1, -0.05) is 0 Å². The number of hydrogen-bond acceptors (Lipinski definition) is 4. The number of aromatic nitrogens is 2. The van der Waals surface area contributed by atoms with Gasteiger partial charge in [0.15, 0.2) is 0 Å². The zero-order valence-corrected chi connectivity index (χ0v) is 11.1. The van der Waals surface area contributed by atoms with Gasteiger partial charge in [-0.2, -0.15) is 5.10 Å². The second-order valence-electron chi connectivity index (χ2n) is 4.65. The summed E-state index contributed by atoms with van der Waals surface area (Å²) in [4.78, 5) is 0.148. The quantitative estimate of drug-likeness (QED) is 0.445. The van der Waals surface area contributed by atoms with Crippen molar-refractivity contribution in [2.24, 2.45) is 11.7 Å². The van der Waals surface area contributed by atoms with Gasteiger partial charge in [0.05, 0.1) is 17.4 Å². The fraction of sp³-hybridized carbons (Fsp3) is 0.600. The number of nitrogens with two attached hydrogens (primary N) is 1. The zero-order chi connectivity index (χ0) is 13.5. The van der Waals surface area contributed by atoms with Gasteiger partial charge in [-0.05, 0) is 32.6 Å². The molecule has 1 saturated carbocycles. The van der Waals surface area contributed by atoms with Crippen molar-refractivity contribution < 1.29 is 8.42 Å². The molecule has 1 fully saturated rings. The second kappa shape index (κ2) is 4.36. The lowest BCUT2D eigenvalue weighted by atomic mass is 10.2. The summed E-state index contributed by atoms with van der Waals surface area (Å²) >= 11 is 0. The van der Waals surface area contributed by atoms with Crippen molar-refractivity contribution in [2.45, 2.75) is 37.6 Å². The minimum Gasteiger partial charge on any atom is -0.386 e. The number of nitrogens with zero attached hydrogens (tertiary/aromatic N) is 1. The molecule has 1 atom stereocenters. The van der Waals surface area contributed by atoms with Gasteiger partial charge in [0.25, 0.3) is 0 Å². The molecule has 0 aromatic carbocycles. The van der Waals surface area contributed by atoms with Gasteiger partial charge in [-0.15, -0.1) is 0 Å². The SMILES string of the molecule is Cc1n[nH]c(C)c1S(=O)(=O)NC(C(=N)N)C1CC1. The maximum atomic E-state index is 12.3. The summed E-state index contributed by atoms with van der Waals surface area (Å²) in [5.74, 6) is 0.00432. The van der Waals surface area contributed by atoms with Crippen molar-refractivity contribution >= 4 is 15.9 Å². The molecule has 0 radical (unpaired) electrons. The molecule has 0 saturated heterocycles. The molecule has 1 aromatic heterocycles. The average Bonchev–Trinajstić information content (AvgIpc) is 3.01. The summed E-state index contributed by atoms with van der Waals surface area (Å²) in [5.41, 5.74) is 6.35. The fourth-order valence-electron chi connectivity index (χ4n) is 2.01. The van der Waals surface area contributed by atoms with Crippen LogP contribution in [0.2, 0.25) is 0 Å². The largest absolute Gasteiger partial charge is 0.386 e. The summed E-state index contributed by atoms with van der Waals surface area (Å²) in [7, 11) is -3.69. The summed E-state index contributed by atoms with van der Waals surface area (Å²) in [6, 6.07) is -0.608. The van der Waals surface area contributed by atoms with E-state index in [0.29, 0.717) is 11.4 Å². The molecule has 1 aromatic rings. The van der Waals surface area contributed by atoms with Crippen LogP contribution in [-0.4, -0.2) is 30.5 Å². The van der Waals surface area contributed by atoms with Gasteiger partial charge in [-0.25, -0.2) is 13.1 Å². The number of H-pyrrole nitrogens is 1. The lowest BCUT2D eigenvalue weighted by Gasteiger charge is -2.16. The van der Waals surface area contributed by atoms with E-state index in [4.69, 9.17) is 11.1 Å². The molecular formula is C10H17N5O2S. The van der Waals surface area contributed by atoms with E-state index in [1.807, 2.05) is 0 Å². The third-order valence-electron chi connectivity index (χ3n) is 3.04. The number of sulfonamides is 1. The van der Waals surface area contributed by atoms with Crippen LogP contribution in [0.15, 0.2) is 4.90 Å². The van der Waals surface area contributed by atoms with E-state index in [1.54, 1.807) is 13.8 Å². The normalized spacial score (nSPS) is 17.7. The van der Waals surface area contributed by atoms with Crippen LogP contribution in [0.5, 0.6) is 0 Å². The maximum Gasteiger partial charge on any atom is 0.244 e. The Hall–Kier alpha value is -1.41. The van der Waals surface area contributed by atoms with Crippen LogP contribution in [0.1, 0.15) is 24.2 Å². The van der Waals surface area contributed by atoms with E-state index >= 15 is 0 Å². The maximum absolute atomic E-state index is 12.3. The Morgan fingerprint density at radius 2 is 2.17 bits per heavy atom. The number of rotatable bonds is 5. The predicted octanol–water partition coefficient (Wildman–Crippen LogP) is 0.0194. The first-order chi connectivity index (χ1) is 8.33. The van der Waals surface area contributed by atoms with Crippen LogP contribution >= 0.6 is 0 Å². The minimum atomic E-state index is -3.69. The number of nitrogens with one attached hydrogen (secondary N) is 3. The van der Waals surface area contributed by atoms with Crippen LogP contribution in [-0.2, 0) is 10.0 Å². The standard InChI is InChI=1S/C10H17N5O2S/c1-5-9(6(2)14-13-5)18(16,17)15-8(10(11)12)7-3-4-7/h7-8,15H,3-4H2,1-2H3,(H3,11,12)(H,13,14). The molecular weight excluding hydrogens is 254 g/mol. The topological polar surface area (TPSA) is 125 Å². The first-order valence-corrected chi connectivity index (χ1v) is 7.19. The van der Waals surface area contributed by atoms with Crippen LogP contribution in [0.25, 0.3) is 0 Å². The highest BCUT2D eigenvalue weighted by Crippen LogP contribution is 2.33.